The molecule has 0 bridgehead atoms. The van der Waals surface area contributed by atoms with Gasteiger partial charge in [-0.2, -0.15) is 0 Å². The minimum atomic E-state index is -0.786. The number of ether oxygens (including phenoxy) is 3. The number of hydrogen-bond donors (Lipinski definition) is 0. The lowest BCUT2D eigenvalue weighted by Gasteiger charge is -2.18. The molecule has 0 saturated carbocycles. The highest BCUT2D eigenvalue weighted by Crippen LogP contribution is 2.18. The summed E-state index contributed by atoms with van der Waals surface area (Å²) in [6, 6.07) is 0. The molecule has 442 valence electrons. The highest BCUT2D eigenvalue weighted by molar-refractivity contribution is 5.71. The molecule has 0 aliphatic heterocycles. The van der Waals surface area contributed by atoms with Crippen LogP contribution in [0.5, 0.6) is 0 Å². The van der Waals surface area contributed by atoms with Crippen molar-refractivity contribution in [2.75, 3.05) is 13.2 Å². The minimum Gasteiger partial charge on any atom is -0.462 e. The highest BCUT2D eigenvalue weighted by Gasteiger charge is 2.19. The molecule has 6 nitrogen and oxygen atoms in total. The number of carbonyl (C=O) groups excluding carboxylic acids is 3. The SMILES string of the molecule is CC/C=C\C/C=C\C/C=C\CCCCCCCC(=O)OCC(COC(=O)CCCCCCCCCCCCCCCCCCCCCCCCCCCC)OC(=O)CCCCCCCCC/C=C\C/C=C\CCCCC. The van der Waals surface area contributed by atoms with E-state index in [1.165, 1.54) is 199 Å². The summed E-state index contributed by atoms with van der Waals surface area (Å²) in [5.74, 6) is -0.887. The van der Waals surface area contributed by atoms with E-state index in [0.29, 0.717) is 19.3 Å². The van der Waals surface area contributed by atoms with E-state index in [-0.39, 0.29) is 31.1 Å². The summed E-state index contributed by atoms with van der Waals surface area (Å²) in [5.41, 5.74) is 0. The summed E-state index contributed by atoms with van der Waals surface area (Å²) in [6.07, 6.45) is 82.4. The van der Waals surface area contributed by atoms with Crippen molar-refractivity contribution in [2.24, 2.45) is 0 Å². The van der Waals surface area contributed by atoms with Gasteiger partial charge in [0.2, 0.25) is 0 Å². The van der Waals surface area contributed by atoms with Gasteiger partial charge in [0.05, 0.1) is 0 Å². The summed E-state index contributed by atoms with van der Waals surface area (Å²) >= 11 is 0. The van der Waals surface area contributed by atoms with Crippen molar-refractivity contribution < 1.29 is 28.6 Å². The molecule has 0 spiro atoms. The second kappa shape index (κ2) is 64.6. The van der Waals surface area contributed by atoms with Gasteiger partial charge in [0.15, 0.2) is 6.10 Å². The fraction of sp³-hybridized carbons (Fsp3) is 0.814. The highest BCUT2D eigenvalue weighted by atomic mass is 16.6. The molecule has 0 aliphatic carbocycles. The molecule has 1 atom stereocenters. The van der Waals surface area contributed by atoms with Gasteiger partial charge in [-0.1, -0.05) is 306 Å². The van der Waals surface area contributed by atoms with E-state index in [2.05, 4.69) is 81.5 Å². The number of allylic oxidation sites excluding steroid dienone is 10. The quantitative estimate of drug-likeness (QED) is 0.0261. The first-order chi connectivity index (χ1) is 37.5. The fourth-order valence-corrected chi connectivity index (χ4v) is 9.79. The van der Waals surface area contributed by atoms with Gasteiger partial charge in [0.1, 0.15) is 13.2 Å². The Morgan fingerprint density at radius 3 is 0.829 bits per heavy atom. The van der Waals surface area contributed by atoms with Crippen LogP contribution in [0.4, 0.5) is 0 Å². The van der Waals surface area contributed by atoms with Crippen LogP contribution in [0.1, 0.15) is 348 Å². The van der Waals surface area contributed by atoms with E-state index in [0.717, 1.165) is 109 Å². The van der Waals surface area contributed by atoms with Gasteiger partial charge in [-0.3, -0.25) is 14.4 Å². The topological polar surface area (TPSA) is 78.9 Å². The van der Waals surface area contributed by atoms with Crippen molar-refractivity contribution in [1.82, 2.24) is 0 Å². The van der Waals surface area contributed by atoms with Crippen LogP contribution in [0.2, 0.25) is 0 Å². The number of unbranched alkanes of at least 4 members (excludes halogenated alkanes) is 40. The van der Waals surface area contributed by atoms with Crippen LogP contribution in [0.25, 0.3) is 0 Å². The Morgan fingerprint density at radius 2 is 0.513 bits per heavy atom. The van der Waals surface area contributed by atoms with Crippen molar-refractivity contribution >= 4 is 17.9 Å². The number of carbonyl (C=O) groups is 3. The average molecular weight is 1060 g/mol. The molecule has 1 unspecified atom stereocenters. The van der Waals surface area contributed by atoms with Crippen LogP contribution in [0.3, 0.4) is 0 Å². The van der Waals surface area contributed by atoms with E-state index in [4.69, 9.17) is 14.2 Å². The second-order valence-electron chi connectivity index (χ2n) is 22.4. The molecule has 76 heavy (non-hydrogen) atoms. The molecule has 0 rings (SSSR count). The molecule has 0 aromatic carbocycles. The zero-order valence-electron chi connectivity index (χ0n) is 50.8. The summed E-state index contributed by atoms with van der Waals surface area (Å²) in [5, 5.41) is 0. The Labute approximate surface area is 472 Å². The van der Waals surface area contributed by atoms with Crippen LogP contribution in [0, 0.1) is 0 Å². The Hall–Kier alpha value is -2.89. The molecule has 0 aromatic heterocycles. The summed E-state index contributed by atoms with van der Waals surface area (Å²) < 4.78 is 16.9. The van der Waals surface area contributed by atoms with Crippen molar-refractivity contribution in [1.29, 1.82) is 0 Å². The molecule has 0 radical (unpaired) electrons. The van der Waals surface area contributed by atoms with E-state index >= 15 is 0 Å². The van der Waals surface area contributed by atoms with Gasteiger partial charge in [-0.15, -0.1) is 0 Å². The molecule has 0 saturated heterocycles. The number of rotatable bonds is 61. The van der Waals surface area contributed by atoms with Gasteiger partial charge in [-0.25, -0.2) is 0 Å². The van der Waals surface area contributed by atoms with Crippen molar-refractivity contribution in [3.8, 4) is 0 Å². The van der Waals surface area contributed by atoms with Gasteiger partial charge >= 0.3 is 17.9 Å². The zero-order valence-corrected chi connectivity index (χ0v) is 50.8. The van der Waals surface area contributed by atoms with Crippen LogP contribution >= 0.6 is 0 Å². The van der Waals surface area contributed by atoms with E-state index in [9.17, 15) is 14.4 Å². The zero-order chi connectivity index (χ0) is 55.0. The van der Waals surface area contributed by atoms with Crippen molar-refractivity contribution in [2.45, 2.75) is 354 Å². The van der Waals surface area contributed by atoms with Crippen LogP contribution in [-0.4, -0.2) is 37.2 Å². The third-order valence-electron chi connectivity index (χ3n) is 14.8. The van der Waals surface area contributed by atoms with Gasteiger partial charge in [0, 0.05) is 19.3 Å². The third kappa shape index (κ3) is 62.0. The van der Waals surface area contributed by atoms with E-state index < -0.39 is 6.10 Å². The number of hydrogen-bond acceptors (Lipinski definition) is 6. The predicted octanol–water partition coefficient (Wildman–Crippen LogP) is 22.7. The summed E-state index contributed by atoms with van der Waals surface area (Å²) in [4.78, 5) is 38.3. The molecular formula is C70H126O6. The van der Waals surface area contributed by atoms with E-state index in [1.807, 2.05) is 0 Å². The lowest BCUT2D eigenvalue weighted by Crippen LogP contribution is -2.30. The van der Waals surface area contributed by atoms with E-state index in [1.54, 1.807) is 0 Å². The normalized spacial score (nSPS) is 12.4. The number of esters is 3. The van der Waals surface area contributed by atoms with Gasteiger partial charge in [0.25, 0.3) is 0 Å². The lowest BCUT2D eigenvalue weighted by atomic mass is 10.0. The van der Waals surface area contributed by atoms with Crippen molar-refractivity contribution in [3.05, 3.63) is 60.8 Å². The molecule has 0 amide bonds. The maximum Gasteiger partial charge on any atom is 0.306 e. The minimum absolute atomic E-state index is 0.0801. The first kappa shape index (κ1) is 73.1. The predicted molar refractivity (Wildman–Crippen MR) is 330 cm³/mol. The average Bonchev–Trinajstić information content (AvgIpc) is 3.42. The molecule has 0 aliphatic rings. The monoisotopic (exact) mass is 1060 g/mol. The largest absolute Gasteiger partial charge is 0.462 e. The Bertz CT molecular complexity index is 1360. The summed E-state index contributed by atoms with van der Waals surface area (Å²) in [6.45, 7) is 6.54. The maximum atomic E-state index is 12.9. The molecule has 0 heterocycles. The Morgan fingerprint density at radius 1 is 0.276 bits per heavy atom. The van der Waals surface area contributed by atoms with Gasteiger partial charge in [-0.05, 0) is 83.5 Å². The van der Waals surface area contributed by atoms with Crippen LogP contribution in [-0.2, 0) is 28.6 Å². The molecular weight excluding hydrogens is 937 g/mol. The maximum absolute atomic E-state index is 12.9. The summed E-state index contributed by atoms with van der Waals surface area (Å²) in [7, 11) is 0. The Balaban J connectivity index is 4.27. The molecule has 0 N–H and O–H groups in total. The Kier molecular flexibility index (Phi) is 62.2. The molecule has 0 aromatic rings. The standard InChI is InChI=1S/C70H126O6/c1-4-7-10-13-16-19-22-25-28-30-31-32-33-34-35-36-37-38-40-42-45-48-51-54-57-60-63-69(72)75-66-67(65-74-68(71)62-59-56-53-50-47-44-41-27-24-21-18-15-12-9-6-3)76-70(73)64-61-58-55-52-49-46-43-39-29-26-23-20-17-14-11-8-5-2/h9,12,17-18,20-21,26-27,29,41,67H,4-8,10-11,13-16,19,22-25,28,30-40,42-66H2,1-3H3/b12-9-,20-17-,21-18-,29-26-,41-27-. The third-order valence-corrected chi connectivity index (χ3v) is 14.8. The van der Waals surface area contributed by atoms with Gasteiger partial charge < -0.3 is 14.2 Å². The lowest BCUT2D eigenvalue weighted by molar-refractivity contribution is -0.167. The molecule has 6 heteroatoms. The fourth-order valence-electron chi connectivity index (χ4n) is 9.79. The second-order valence-corrected chi connectivity index (χ2v) is 22.4. The molecule has 0 fully saturated rings. The van der Waals surface area contributed by atoms with Crippen LogP contribution < -0.4 is 0 Å². The first-order valence-corrected chi connectivity index (χ1v) is 33.3. The van der Waals surface area contributed by atoms with Crippen molar-refractivity contribution in [3.63, 3.8) is 0 Å². The smallest absolute Gasteiger partial charge is 0.306 e. The first-order valence-electron chi connectivity index (χ1n) is 33.3. The van der Waals surface area contributed by atoms with Crippen LogP contribution in [0.15, 0.2) is 60.8 Å².